The molecule has 0 spiro atoms. The molecule has 4 heteroatoms. The molecule has 1 atom stereocenters. The highest BCUT2D eigenvalue weighted by atomic mass is 16.5. The predicted octanol–water partition coefficient (Wildman–Crippen LogP) is 2.69. The number of hydrogen-bond acceptors (Lipinski definition) is 4. The maximum absolute atomic E-state index is 5.56. The van der Waals surface area contributed by atoms with Crippen molar-refractivity contribution in [1.29, 1.82) is 0 Å². The molecule has 1 aliphatic heterocycles. The van der Waals surface area contributed by atoms with Gasteiger partial charge in [-0.1, -0.05) is 19.1 Å². The van der Waals surface area contributed by atoms with E-state index >= 15 is 0 Å². The molecule has 4 nitrogen and oxygen atoms in total. The summed E-state index contributed by atoms with van der Waals surface area (Å²) in [5.41, 5.74) is 3.72. The van der Waals surface area contributed by atoms with Gasteiger partial charge in [0.05, 0.1) is 18.3 Å². The minimum Gasteiger partial charge on any atom is -0.493 e. The lowest BCUT2D eigenvalue weighted by Gasteiger charge is -2.17. The van der Waals surface area contributed by atoms with Crippen LogP contribution >= 0.6 is 0 Å². The molecule has 0 saturated carbocycles. The van der Waals surface area contributed by atoms with Crippen molar-refractivity contribution in [2.75, 3.05) is 13.2 Å². The molecule has 1 aliphatic rings. The van der Waals surface area contributed by atoms with E-state index in [1.807, 2.05) is 6.20 Å². The van der Waals surface area contributed by atoms with Gasteiger partial charge in [-0.15, -0.1) is 0 Å². The fourth-order valence-corrected chi connectivity index (χ4v) is 2.80. The van der Waals surface area contributed by atoms with Crippen LogP contribution in [0.2, 0.25) is 0 Å². The summed E-state index contributed by atoms with van der Waals surface area (Å²) in [6.07, 6.45) is 8.40. The van der Waals surface area contributed by atoms with Crippen molar-refractivity contribution in [3.63, 3.8) is 0 Å². The molecule has 1 aromatic heterocycles. The summed E-state index contributed by atoms with van der Waals surface area (Å²) in [6.45, 7) is 3.87. The molecule has 1 unspecified atom stereocenters. The monoisotopic (exact) mass is 283 g/mol. The summed E-state index contributed by atoms with van der Waals surface area (Å²) in [4.78, 5) is 8.59. The van der Waals surface area contributed by atoms with E-state index in [-0.39, 0.29) is 6.04 Å². The average molecular weight is 283 g/mol. The van der Waals surface area contributed by atoms with Crippen LogP contribution in [0.25, 0.3) is 0 Å². The van der Waals surface area contributed by atoms with Gasteiger partial charge in [-0.2, -0.15) is 0 Å². The fourth-order valence-electron chi connectivity index (χ4n) is 2.80. The van der Waals surface area contributed by atoms with E-state index in [1.165, 1.54) is 11.1 Å². The lowest BCUT2D eigenvalue weighted by molar-refractivity contribution is 0.357. The van der Waals surface area contributed by atoms with Gasteiger partial charge >= 0.3 is 0 Å². The van der Waals surface area contributed by atoms with E-state index in [2.05, 4.69) is 40.4 Å². The molecular weight excluding hydrogens is 262 g/mol. The minimum absolute atomic E-state index is 0.258. The number of ether oxygens (including phenoxy) is 1. The highest BCUT2D eigenvalue weighted by Crippen LogP contribution is 2.27. The van der Waals surface area contributed by atoms with Crippen molar-refractivity contribution in [2.45, 2.75) is 32.2 Å². The second kappa shape index (κ2) is 6.68. The van der Waals surface area contributed by atoms with E-state index < -0.39 is 0 Å². The first kappa shape index (κ1) is 14.0. The second-order valence-electron chi connectivity index (χ2n) is 5.32. The number of rotatable bonds is 6. The van der Waals surface area contributed by atoms with Crippen molar-refractivity contribution in [3.8, 4) is 5.75 Å². The van der Waals surface area contributed by atoms with Crippen molar-refractivity contribution in [2.24, 2.45) is 0 Å². The third-order valence-electron chi connectivity index (χ3n) is 3.87. The highest BCUT2D eigenvalue weighted by molar-refractivity contribution is 5.39. The Kier molecular flexibility index (Phi) is 4.46. The Bertz CT molecular complexity index is 586. The Balaban J connectivity index is 1.67. The molecule has 1 N–H and O–H groups in total. The van der Waals surface area contributed by atoms with Crippen molar-refractivity contribution < 1.29 is 4.74 Å². The van der Waals surface area contributed by atoms with E-state index in [0.717, 1.165) is 43.9 Å². The third kappa shape index (κ3) is 3.39. The van der Waals surface area contributed by atoms with Crippen LogP contribution in [-0.4, -0.2) is 23.1 Å². The molecular formula is C17H21N3O. The van der Waals surface area contributed by atoms with Crippen LogP contribution in [0, 0.1) is 0 Å². The van der Waals surface area contributed by atoms with Crippen LogP contribution in [0.5, 0.6) is 5.75 Å². The predicted molar refractivity (Wildman–Crippen MR) is 82.4 cm³/mol. The SMILES string of the molecule is CCNC(CCc1ccc2c(c1)CCO2)c1cnccn1. The molecule has 0 bridgehead atoms. The zero-order valence-corrected chi connectivity index (χ0v) is 12.4. The van der Waals surface area contributed by atoms with Crippen LogP contribution in [0.15, 0.2) is 36.8 Å². The van der Waals surface area contributed by atoms with Gasteiger partial charge < -0.3 is 10.1 Å². The number of fused-ring (bicyclic) bond motifs is 1. The van der Waals surface area contributed by atoms with Crippen LogP contribution in [0.1, 0.15) is 36.2 Å². The van der Waals surface area contributed by atoms with Gasteiger partial charge in [-0.05, 0) is 36.6 Å². The van der Waals surface area contributed by atoms with E-state index in [4.69, 9.17) is 4.74 Å². The topological polar surface area (TPSA) is 47.0 Å². The number of aromatic nitrogens is 2. The Morgan fingerprint density at radius 2 is 2.29 bits per heavy atom. The van der Waals surface area contributed by atoms with Crippen molar-refractivity contribution in [1.82, 2.24) is 15.3 Å². The Morgan fingerprint density at radius 1 is 1.33 bits per heavy atom. The third-order valence-corrected chi connectivity index (χ3v) is 3.87. The molecule has 3 rings (SSSR count). The van der Waals surface area contributed by atoms with Crippen LogP contribution < -0.4 is 10.1 Å². The molecule has 0 saturated heterocycles. The molecule has 110 valence electrons. The Morgan fingerprint density at radius 3 is 3.10 bits per heavy atom. The molecule has 0 amide bonds. The summed E-state index contributed by atoms with van der Waals surface area (Å²) in [5, 5.41) is 3.49. The number of benzene rings is 1. The maximum Gasteiger partial charge on any atom is 0.122 e. The highest BCUT2D eigenvalue weighted by Gasteiger charge is 2.14. The van der Waals surface area contributed by atoms with E-state index in [0.29, 0.717) is 0 Å². The van der Waals surface area contributed by atoms with Crippen molar-refractivity contribution >= 4 is 0 Å². The largest absolute Gasteiger partial charge is 0.493 e. The van der Waals surface area contributed by atoms with Crippen molar-refractivity contribution in [3.05, 3.63) is 53.6 Å². The quantitative estimate of drug-likeness (QED) is 0.885. The standard InChI is InChI=1S/C17H21N3O/c1-2-19-15(16-12-18-8-9-20-16)5-3-13-4-6-17-14(11-13)7-10-21-17/h4,6,8-9,11-12,15,19H,2-3,5,7,10H2,1H3. The van der Waals surface area contributed by atoms with Gasteiger partial charge in [0.15, 0.2) is 0 Å². The number of nitrogens with zero attached hydrogens (tertiary/aromatic N) is 2. The van der Waals surface area contributed by atoms with Gasteiger partial charge in [-0.25, -0.2) is 0 Å². The first-order valence-corrected chi connectivity index (χ1v) is 7.60. The Labute approximate surface area is 125 Å². The summed E-state index contributed by atoms with van der Waals surface area (Å²) < 4.78 is 5.56. The molecule has 2 aromatic rings. The summed E-state index contributed by atoms with van der Waals surface area (Å²) in [7, 11) is 0. The van der Waals surface area contributed by atoms with Gasteiger partial charge in [0, 0.05) is 25.0 Å². The van der Waals surface area contributed by atoms with Gasteiger partial charge in [0.1, 0.15) is 5.75 Å². The van der Waals surface area contributed by atoms with Crippen LogP contribution in [-0.2, 0) is 12.8 Å². The first-order chi connectivity index (χ1) is 10.4. The van der Waals surface area contributed by atoms with Crippen LogP contribution in [0.4, 0.5) is 0 Å². The second-order valence-corrected chi connectivity index (χ2v) is 5.32. The number of nitrogens with one attached hydrogen (secondary N) is 1. The number of aryl methyl sites for hydroxylation is 1. The fraction of sp³-hybridized carbons (Fsp3) is 0.412. The molecule has 0 aliphatic carbocycles. The maximum atomic E-state index is 5.56. The van der Waals surface area contributed by atoms with Gasteiger partial charge in [0.25, 0.3) is 0 Å². The lowest BCUT2D eigenvalue weighted by Crippen LogP contribution is -2.22. The molecule has 1 aromatic carbocycles. The zero-order valence-electron chi connectivity index (χ0n) is 12.4. The molecule has 21 heavy (non-hydrogen) atoms. The van der Waals surface area contributed by atoms with Gasteiger partial charge in [0.2, 0.25) is 0 Å². The summed E-state index contributed by atoms with van der Waals surface area (Å²) >= 11 is 0. The average Bonchev–Trinajstić information content (AvgIpc) is 3.00. The van der Waals surface area contributed by atoms with Gasteiger partial charge in [-0.3, -0.25) is 9.97 Å². The normalized spacial score (nSPS) is 14.5. The van der Waals surface area contributed by atoms with Crippen LogP contribution in [0.3, 0.4) is 0 Å². The minimum atomic E-state index is 0.258. The summed E-state index contributed by atoms with van der Waals surface area (Å²) in [5.74, 6) is 1.05. The lowest BCUT2D eigenvalue weighted by atomic mass is 10.0. The first-order valence-electron chi connectivity index (χ1n) is 7.60. The zero-order chi connectivity index (χ0) is 14.5. The molecule has 0 fully saturated rings. The Hall–Kier alpha value is -1.94. The van der Waals surface area contributed by atoms with E-state index in [9.17, 15) is 0 Å². The van der Waals surface area contributed by atoms with E-state index in [1.54, 1.807) is 12.4 Å². The smallest absolute Gasteiger partial charge is 0.122 e. The summed E-state index contributed by atoms with van der Waals surface area (Å²) in [6, 6.07) is 6.81. The molecule has 0 radical (unpaired) electrons. The number of hydrogen-bond donors (Lipinski definition) is 1. The molecule has 2 heterocycles.